The second-order valence-electron chi connectivity index (χ2n) is 4.24. The molecule has 0 saturated heterocycles. The Morgan fingerprint density at radius 3 is 2.47 bits per heavy atom. The maximum Gasteiger partial charge on any atom is 0.253 e. The third kappa shape index (κ3) is 3.26. The fourth-order valence-electron chi connectivity index (χ4n) is 1.57. The van der Waals surface area contributed by atoms with E-state index in [9.17, 15) is 4.79 Å². The molecule has 0 aliphatic rings. The van der Waals surface area contributed by atoms with Crippen molar-refractivity contribution in [3.8, 4) is 0 Å². The SMILES string of the molecule is CN(C)C(=O)c1ccc(Sc2ccncc2)c(N)c1. The molecule has 0 aliphatic heterocycles. The first-order chi connectivity index (χ1) is 9.08. The lowest BCUT2D eigenvalue weighted by Crippen LogP contribution is -2.21. The maximum atomic E-state index is 11.8. The Morgan fingerprint density at radius 1 is 1.21 bits per heavy atom. The lowest BCUT2D eigenvalue weighted by molar-refractivity contribution is 0.0827. The number of hydrogen-bond acceptors (Lipinski definition) is 4. The highest BCUT2D eigenvalue weighted by molar-refractivity contribution is 7.99. The van der Waals surface area contributed by atoms with Crippen LogP contribution in [-0.2, 0) is 0 Å². The molecule has 0 fully saturated rings. The maximum absolute atomic E-state index is 11.8. The van der Waals surface area contributed by atoms with E-state index in [-0.39, 0.29) is 5.91 Å². The standard InChI is InChI=1S/C14H15N3OS/c1-17(2)14(18)10-3-4-13(12(15)9-10)19-11-5-7-16-8-6-11/h3-9H,15H2,1-2H3. The van der Waals surface area contributed by atoms with Crippen LogP contribution in [0.15, 0.2) is 52.5 Å². The molecule has 19 heavy (non-hydrogen) atoms. The number of nitrogen functional groups attached to an aromatic ring is 1. The van der Waals surface area contributed by atoms with E-state index in [1.165, 1.54) is 4.90 Å². The highest BCUT2D eigenvalue weighted by atomic mass is 32.2. The summed E-state index contributed by atoms with van der Waals surface area (Å²) in [6.07, 6.45) is 3.48. The number of pyridine rings is 1. The zero-order valence-corrected chi connectivity index (χ0v) is 11.6. The van der Waals surface area contributed by atoms with E-state index in [0.717, 1.165) is 9.79 Å². The summed E-state index contributed by atoms with van der Waals surface area (Å²) < 4.78 is 0. The van der Waals surface area contributed by atoms with E-state index in [4.69, 9.17) is 5.73 Å². The molecule has 1 aromatic heterocycles. The monoisotopic (exact) mass is 273 g/mol. The van der Waals surface area contributed by atoms with Crippen LogP contribution in [0.25, 0.3) is 0 Å². The van der Waals surface area contributed by atoms with Crippen molar-refractivity contribution in [1.82, 2.24) is 9.88 Å². The summed E-state index contributed by atoms with van der Waals surface area (Å²) in [5.74, 6) is -0.0489. The smallest absolute Gasteiger partial charge is 0.253 e. The van der Waals surface area contributed by atoms with Gasteiger partial charge in [0, 0.05) is 47.5 Å². The number of nitrogens with zero attached hydrogens (tertiary/aromatic N) is 2. The molecule has 98 valence electrons. The van der Waals surface area contributed by atoms with Crippen molar-refractivity contribution in [2.45, 2.75) is 9.79 Å². The molecule has 5 heteroatoms. The molecule has 0 aliphatic carbocycles. The number of anilines is 1. The molecular formula is C14H15N3OS. The molecule has 0 unspecified atom stereocenters. The quantitative estimate of drug-likeness (QED) is 0.873. The summed E-state index contributed by atoms with van der Waals surface area (Å²) in [5.41, 5.74) is 7.20. The number of rotatable bonds is 3. The van der Waals surface area contributed by atoms with Crippen molar-refractivity contribution in [3.63, 3.8) is 0 Å². The van der Waals surface area contributed by atoms with Crippen LogP contribution in [0.4, 0.5) is 5.69 Å². The predicted octanol–water partition coefficient (Wildman–Crippen LogP) is 2.52. The summed E-state index contributed by atoms with van der Waals surface area (Å²) in [7, 11) is 3.44. The molecule has 2 N–H and O–H groups in total. The van der Waals surface area contributed by atoms with Crippen LogP contribution >= 0.6 is 11.8 Å². The molecule has 1 aromatic carbocycles. The van der Waals surface area contributed by atoms with Gasteiger partial charge >= 0.3 is 0 Å². The van der Waals surface area contributed by atoms with Crippen molar-refractivity contribution in [2.24, 2.45) is 0 Å². The molecule has 0 radical (unpaired) electrons. The molecular weight excluding hydrogens is 258 g/mol. The number of aromatic nitrogens is 1. The number of carbonyl (C=O) groups is 1. The Labute approximate surface area is 116 Å². The highest BCUT2D eigenvalue weighted by Gasteiger charge is 2.10. The first-order valence-electron chi connectivity index (χ1n) is 5.77. The average Bonchev–Trinajstić information content (AvgIpc) is 2.41. The zero-order chi connectivity index (χ0) is 13.8. The predicted molar refractivity (Wildman–Crippen MR) is 77.2 cm³/mol. The van der Waals surface area contributed by atoms with Gasteiger partial charge in [0.1, 0.15) is 0 Å². The van der Waals surface area contributed by atoms with E-state index in [2.05, 4.69) is 4.98 Å². The zero-order valence-electron chi connectivity index (χ0n) is 10.8. The van der Waals surface area contributed by atoms with Gasteiger partial charge in [-0.2, -0.15) is 0 Å². The fraction of sp³-hybridized carbons (Fsp3) is 0.143. The molecule has 1 amide bonds. The Morgan fingerprint density at radius 2 is 1.89 bits per heavy atom. The second kappa shape index (κ2) is 5.75. The lowest BCUT2D eigenvalue weighted by Gasteiger charge is -2.12. The number of amides is 1. The Balaban J connectivity index is 2.23. The van der Waals surface area contributed by atoms with E-state index in [0.29, 0.717) is 11.3 Å². The Kier molecular flexibility index (Phi) is 4.06. The third-order valence-corrected chi connectivity index (χ3v) is 3.64. The molecule has 0 saturated carbocycles. The number of nitrogens with two attached hydrogens (primary N) is 1. The van der Waals surface area contributed by atoms with Crippen molar-refractivity contribution >= 4 is 23.4 Å². The van der Waals surface area contributed by atoms with Gasteiger partial charge in [0.2, 0.25) is 0 Å². The van der Waals surface area contributed by atoms with Gasteiger partial charge in [0.15, 0.2) is 0 Å². The highest BCUT2D eigenvalue weighted by Crippen LogP contribution is 2.32. The summed E-state index contributed by atoms with van der Waals surface area (Å²) in [6.45, 7) is 0. The van der Waals surface area contributed by atoms with Crippen LogP contribution in [0.2, 0.25) is 0 Å². The van der Waals surface area contributed by atoms with Gasteiger partial charge in [-0.1, -0.05) is 11.8 Å². The molecule has 1 heterocycles. The molecule has 2 aromatic rings. The van der Waals surface area contributed by atoms with Crippen molar-refractivity contribution < 1.29 is 4.79 Å². The molecule has 0 bridgehead atoms. The van der Waals surface area contributed by atoms with Crippen LogP contribution in [0.1, 0.15) is 10.4 Å². The lowest BCUT2D eigenvalue weighted by atomic mass is 10.2. The van der Waals surface area contributed by atoms with Crippen molar-refractivity contribution in [1.29, 1.82) is 0 Å². The summed E-state index contributed by atoms with van der Waals surface area (Å²) in [5, 5.41) is 0. The van der Waals surface area contributed by atoms with Gasteiger partial charge in [0.25, 0.3) is 5.91 Å². The number of benzene rings is 1. The second-order valence-corrected chi connectivity index (χ2v) is 5.35. The Hall–Kier alpha value is -2.01. The van der Waals surface area contributed by atoms with Crippen LogP contribution in [0, 0.1) is 0 Å². The van der Waals surface area contributed by atoms with Gasteiger partial charge in [-0.25, -0.2) is 0 Å². The molecule has 4 nitrogen and oxygen atoms in total. The van der Waals surface area contributed by atoms with Gasteiger partial charge in [-0.3, -0.25) is 9.78 Å². The minimum absolute atomic E-state index is 0.0489. The largest absolute Gasteiger partial charge is 0.398 e. The van der Waals surface area contributed by atoms with Crippen LogP contribution < -0.4 is 5.73 Å². The van der Waals surface area contributed by atoms with Crippen LogP contribution in [-0.4, -0.2) is 29.9 Å². The van der Waals surface area contributed by atoms with Gasteiger partial charge < -0.3 is 10.6 Å². The minimum Gasteiger partial charge on any atom is -0.398 e. The molecule has 0 atom stereocenters. The van der Waals surface area contributed by atoms with Gasteiger partial charge in [0.05, 0.1) is 0 Å². The van der Waals surface area contributed by atoms with Crippen molar-refractivity contribution in [2.75, 3.05) is 19.8 Å². The summed E-state index contributed by atoms with van der Waals surface area (Å²) in [6, 6.07) is 9.22. The first-order valence-corrected chi connectivity index (χ1v) is 6.58. The van der Waals surface area contributed by atoms with Gasteiger partial charge in [-0.05, 0) is 30.3 Å². The third-order valence-electron chi connectivity index (χ3n) is 2.54. The van der Waals surface area contributed by atoms with E-state index < -0.39 is 0 Å². The molecule has 2 rings (SSSR count). The van der Waals surface area contributed by atoms with Crippen molar-refractivity contribution in [3.05, 3.63) is 48.3 Å². The normalized spacial score (nSPS) is 10.2. The average molecular weight is 273 g/mol. The van der Waals surface area contributed by atoms with Gasteiger partial charge in [-0.15, -0.1) is 0 Å². The van der Waals surface area contributed by atoms with Crippen LogP contribution in [0.3, 0.4) is 0 Å². The van der Waals surface area contributed by atoms with Crippen LogP contribution in [0.5, 0.6) is 0 Å². The summed E-state index contributed by atoms with van der Waals surface area (Å²) in [4.78, 5) is 19.3. The number of hydrogen-bond donors (Lipinski definition) is 1. The Bertz CT molecular complexity index is 584. The summed E-state index contributed by atoms with van der Waals surface area (Å²) >= 11 is 1.55. The van der Waals surface area contributed by atoms with E-state index in [1.54, 1.807) is 50.4 Å². The first kappa shape index (κ1) is 13.4. The topological polar surface area (TPSA) is 59.2 Å². The minimum atomic E-state index is -0.0489. The van der Waals surface area contributed by atoms with E-state index >= 15 is 0 Å². The van der Waals surface area contributed by atoms with E-state index in [1.807, 2.05) is 18.2 Å². The number of carbonyl (C=O) groups excluding carboxylic acids is 1. The fourth-order valence-corrected chi connectivity index (χ4v) is 2.39. The molecule has 0 spiro atoms.